The van der Waals surface area contributed by atoms with E-state index in [2.05, 4.69) is 5.32 Å². The number of nitrogens with zero attached hydrogens (tertiary/aromatic N) is 1. The van der Waals surface area contributed by atoms with Crippen molar-refractivity contribution < 1.29 is 32.3 Å². The van der Waals surface area contributed by atoms with E-state index in [1.807, 2.05) is 30.3 Å². The van der Waals surface area contributed by atoms with Crippen LogP contribution in [0.25, 0.3) is 11.0 Å². The van der Waals surface area contributed by atoms with E-state index in [0.717, 1.165) is 10.5 Å². The molecule has 1 fully saturated rings. The molecule has 1 saturated heterocycles. The summed E-state index contributed by atoms with van der Waals surface area (Å²) < 4.78 is 46.7. The van der Waals surface area contributed by atoms with Crippen LogP contribution in [0.5, 0.6) is 5.75 Å². The maximum absolute atomic E-state index is 14.9. The Morgan fingerprint density at radius 1 is 1.17 bits per heavy atom. The number of carbonyl (C=O) groups is 2. The molecule has 2 aromatic carbocycles. The molecule has 1 aliphatic rings. The first-order valence-electron chi connectivity index (χ1n) is 11.8. The number of hydrogen-bond donors (Lipinski definition) is 1. The van der Waals surface area contributed by atoms with Gasteiger partial charge >= 0.3 is 6.09 Å². The Bertz CT molecular complexity index is 1250. The lowest BCUT2D eigenvalue weighted by molar-refractivity contribution is -0.0889. The topological polar surface area (TPSA) is 81.0 Å². The maximum atomic E-state index is 14.9. The van der Waals surface area contributed by atoms with Gasteiger partial charge in [-0.1, -0.05) is 30.3 Å². The average Bonchev–Trinajstić information content (AvgIpc) is 3.13. The number of hydrogen-bond acceptors (Lipinski definition) is 5. The van der Waals surface area contributed by atoms with Crippen LogP contribution in [-0.2, 0) is 11.3 Å². The van der Waals surface area contributed by atoms with Crippen molar-refractivity contribution in [3.05, 3.63) is 65.4 Å². The van der Waals surface area contributed by atoms with Gasteiger partial charge in [0.25, 0.3) is 11.8 Å². The molecule has 2 amide bonds. The molecule has 0 radical (unpaired) electrons. The lowest BCUT2D eigenvalue weighted by Crippen LogP contribution is -2.59. The summed E-state index contributed by atoms with van der Waals surface area (Å²) in [4.78, 5) is 26.4. The van der Waals surface area contributed by atoms with Crippen molar-refractivity contribution in [3.63, 3.8) is 0 Å². The molecule has 36 heavy (non-hydrogen) atoms. The lowest BCUT2D eigenvalue weighted by Gasteiger charge is -2.38. The molecule has 1 aliphatic heterocycles. The summed E-state index contributed by atoms with van der Waals surface area (Å²) in [7, 11) is 0. The number of carbonyl (C=O) groups excluding carboxylic acids is 2. The molecule has 1 aromatic heterocycles. The number of ether oxygens (including phenoxy) is 2. The van der Waals surface area contributed by atoms with Crippen LogP contribution in [0, 0.1) is 6.92 Å². The molecular formula is C27H30F2N2O5. The minimum Gasteiger partial charge on any atom is -0.489 e. The molecule has 0 saturated carbocycles. The number of benzene rings is 2. The van der Waals surface area contributed by atoms with Gasteiger partial charge in [-0.3, -0.25) is 4.79 Å². The highest BCUT2D eigenvalue weighted by atomic mass is 19.3. The van der Waals surface area contributed by atoms with Gasteiger partial charge in [0.1, 0.15) is 29.3 Å². The van der Waals surface area contributed by atoms with Gasteiger partial charge in [-0.2, -0.15) is 0 Å². The van der Waals surface area contributed by atoms with Crippen LogP contribution in [0.15, 0.2) is 52.9 Å². The van der Waals surface area contributed by atoms with Crippen molar-refractivity contribution in [2.75, 3.05) is 13.1 Å². The molecule has 2 heterocycles. The second kappa shape index (κ2) is 9.79. The van der Waals surface area contributed by atoms with E-state index in [1.54, 1.807) is 45.9 Å². The summed E-state index contributed by atoms with van der Waals surface area (Å²) in [6.45, 7) is 6.17. The predicted molar refractivity (Wildman–Crippen MR) is 130 cm³/mol. The molecule has 0 aliphatic carbocycles. The molecule has 1 atom stereocenters. The van der Waals surface area contributed by atoms with E-state index >= 15 is 0 Å². The van der Waals surface area contributed by atoms with Crippen molar-refractivity contribution >= 4 is 23.0 Å². The van der Waals surface area contributed by atoms with Gasteiger partial charge in [0.15, 0.2) is 0 Å². The number of nitrogens with one attached hydrogen (secondary N) is 1. The molecule has 1 unspecified atom stereocenters. The average molecular weight is 501 g/mol. The molecule has 0 bridgehead atoms. The predicted octanol–water partition coefficient (Wildman–Crippen LogP) is 5.69. The zero-order chi connectivity index (χ0) is 26.1. The van der Waals surface area contributed by atoms with E-state index in [0.29, 0.717) is 29.1 Å². The van der Waals surface area contributed by atoms with Gasteiger partial charge in [0, 0.05) is 11.9 Å². The number of piperidine rings is 1. The number of likely N-dealkylation sites (tertiary alicyclic amines) is 1. The van der Waals surface area contributed by atoms with Crippen LogP contribution >= 0.6 is 0 Å². The van der Waals surface area contributed by atoms with E-state index in [-0.39, 0.29) is 18.5 Å². The van der Waals surface area contributed by atoms with Crippen LogP contribution in [0.1, 0.15) is 48.9 Å². The van der Waals surface area contributed by atoms with Crippen molar-refractivity contribution in [2.24, 2.45) is 0 Å². The number of fused-ring (bicyclic) bond motifs is 1. The SMILES string of the molecule is Cc1oc2ccc(OCc3ccccc3)cc2c1C(=O)NC1CCN(C(=O)OC(C)(C)C)CC1(F)F. The molecule has 192 valence electrons. The fourth-order valence-electron chi connectivity index (χ4n) is 4.14. The Balaban J connectivity index is 1.47. The number of amides is 2. The van der Waals surface area contributed by atoms with Crippen LogP contribution in [-0.4, -0.2) is 47.6 Å². The maximum Gasteiger partial charge on any atom is 0.410 e. The zero-order valence-corrected chi connectivity index (χ0v) is 20.8. The van der Waals surface area contributed by atoms with Gasteiger partial charge in [-0.05, 0) is 57.9 Å². The normalized spacial score (nSPS) is 17.6. The number of furan rings is 1. The van der Waals surface area contributed by atoms with Crippen LogP contribution in [0.2, 0.25) is 0 Å². The summed E-state index contributed by atoms with van der Waals surface area (Å²) in [6, 6.07) is 13.3. The van der Waals surface area contributed by atoms with Gasteiger partial charge in [-0.25, -0.2) is 13.6 Å². The molecule has 0 spiro atoms. The molecule has 1 N–H and O–H groups in total. The Morgan fingerprint density at radius 3 is 2.56 bits per heavy atom. The smallest absolute Gasteiger partial charge is 0.410 e. The second-order valence-electron chi connectivity index (χ2n) is 9.94. The highest BCUT2D eigenvalue weighted by molar-refractivity contribution is 6.07. The van der Waals surface area contributed by atoms with E-state index < -0.39 is 36.1 Å². The Labute approximate surface area is 208 Å². The van der Waals surface area contributed by atoms with Crippen LogP contribution < -0.4 is 10.1 Å². The third-order valence-electron chi connectivity index (χ3n) is 5.87. The summed E-state index contributed by atoms with van der Waals surface area (Å²) in [5.41, 5.74) is 0.830. The molecule has 4 rings (SSSR count). The first kappa shape index (κ1) is 25.5. The molecule has 9 heteroatoms. The summed E-state index contributed by atoms with van der Waals surface area (Å²) in [5, 5.41) is 2.94. The van der Waals surface area contributed by atoms with Gasteiger partial charge in [0.05, 0.1) is 18.2 Å². The Kier molecular flexibility index (Phi) is 6.93. The van der Waals surface area contributed by atoms with Gasteiger partial charge in [0.2, 0.25) is 0 Å². The quantitative estimate of drug-likeness (QED) is 0.487. The Hall–Kier alpha value is -3.62. The fraction of sp³-hybridized carbons (Fsp3) is 0.407. The first-order valence-corrected chi connectivity index (χ1v) is 11.8. The van der Waals surface area contributed by atoms with Gasteiger partial charge in [-0.15, -0.1) is 0 Å². The number of aryl methyl sites for hydroxylation is 1. The number of halogens is 2. The van der Waals surface area contributed by atoms with Crippen molar-refractivity contribution in [3.8, 4) is 5.75 Å². The van der Waals surface area contributed by atoms with Crippen LogP contribution in [0.3, 0.4) is 0 Å². The summed E-state index contributed by atoms with van der Waals surface area (Å²) >= 11 is 0. The van der Waals surface area contributed by atoms with Crippen molar-refractivity contribution in [1.29, 1.82) is 0 Å². The highest BCUT2D eigenvalue weighted by Gasteiger charge is 2.47. The van der Waals surface area contributed by atoms with E-state index in [9.17, 15) is 18.4 Å². The highest BCUT2D eigenvalue weighted by Crippen LogP contribution is 2.32. The zero-order valence-electron chi connectivity index (χ0n) is 20.8. The van der Waals surface area contributed by atoms with Crippen molar-refractivity contribution in [1.82, 2.24) is 10.2 Å². The van der Waals surface area contributed by atoms with E-state index in [1.165, 1.54) is 0 Å². The monoisotopic (exact) mass is 500 g/mol. The summed E-state index contributed by atoms with van der Waals surface area (Å²) in [5.74, 6) is -3.15. The second-order valence-corrected chi connectivity index (χ2v) is 9.94. The lowest BCUT2D eigenvalue weighted by atomic mass is 10.00. The molecule has 7 nitrogen and oxygen atoms in total. The first-order chi connectivity index (χ1) is 16.9. The fourth-order valence-corrected chi connectivity index (χ4v) is 4.14. The van der Waals surface area contributed by atoms with Crippen molar-refractivity contribution in [2.45, 2.75) is 58.3 Å². The summed E-state index contributed by atoms with van der Waals surface area (Å²) in [6.07, 6.45) is -0.912. The van der Waals surface area contributed by atoms with E-state index in [4.69, 9.17) is 13.9 Å². The molecular weight excluding hydrogens is 470 g/mol. The Morgan fingerprint density at radius 2 is 1.89 bits per heavy atom. The largest absolute Gasteiger partial charge is 0.489 e. The van der Waals surface area contributed by atoms with Crippen LogP contribution in [0.4, 0.5) is 13.6 Å². The van der Waals surface area contributed by atoms with Gasteiger partial charge < -0.3 is 24.1 Å². The standard InChI is InChI=1S/C27H30F2N2O5/c1-17-23(20-14-19(10-11-21(20)35-17)34-15-18-8-6-5-7-9-18)24(32)30-22-12-13-31(16-27(22,28)29)25(33)36-26(2,3)4/h5-11,14,22H,12-13,15-16H2,1-4H3,(H,30,32). The number of rotatable bonds is 5. The molecule has 3 aromatic rings. The number of alkyl halides is 2. The third-order valence-corrected chi connectivity index (χ3v) is 5.87. The third kappa shape index (κ3) is 5.78. The minimum atomic E-state index is -3.33. The minimum absolute atomic E-state index is 0.0397.